The lowest BCUT2D eigenvalue weighted by atomic mass is 10.1. The maximum atomic E-state index is 12.7. The molecule has 0 aliphatic carbocycles. The van der Waals surface area contributed by atoms with Gasteiger partial charge >= 0.3 is 6.18 Å². The number of benzene rings is 2. The second-order valence-electron chi connectivity index (χ2n) is 5.96. The summed E-state index contributed by atoms with van der Waals surface area (Å²) in [6.07, 6.45) is -3.96. The fourth-order valence-electron chi connectivity index (χ4n) is 2.39. The molecule has 7 heteroatoms. The topological polar surface area (TPSA) is 38.3 Å². The first-order chi connectivity index (χ1) is 12.2. The Balaban J connectivity index is 1.85. The zero-order valence-electron chi connectivity index (χ0n) is 14.4. The van der Waals surface area contributed by atoms with Gasteiger partial charge in [-0.3, -0.25) is 4.79 Å². The van der Waals surface area contributed by atoms with Crippen LogP contribution in [0.15, 0.2) is 36.4 Å². The molecular formula is C19H19ClF3NO2. The third-order valence-electron chi connectivity index (χ3n) is 3.70. The normalized spacial score (nSPS) is 11.3. The van der Waals surface area contributed by atoms with Gasteiger partial charge in [-0.1, -0.05) is 29.3 Å². The quantitative estimate of drug-likeness (QED) is 0.641. The van der Waals surface area contributed by atoms with E-state index in [-0.39, 0.29) is 17.1 Å². The molecule has 0 heterocycles. The SMILES string of the molecule is Cc1ccc(OCCCC(=O)Nc2cc(C(F)(F)F)ccc2Cl)c(C)c1. The molecule has 0 aliphatic heterocycles. The molecule has 0 saturated heterocycles. The van der Waals surface area contributed by atoms with Gasteiger partial charge in [0, 0.05) is 6.42 Å². The lowest BCUT2D eigenvalue weighted by Crippen LogP contribution is -2.14. The molecule has 2 rings (SSSR count). The molecule has 0 aliphatic rings. The molecule has 0 bridgehead atoms. The molecule has 2 aromatic carbocycles. The van der Waals surface area contributed by atoms with Crippen LogP contribution in [0, 0.1) is 13.8 Å². The van der Waals surface area contributed by atoms with E-state index in [4.69, 9.17) is 16.3 Å². The van der Waals surface area contributed by atoms with Gasteiger partial charge in [0.25, 0.3) is 0 Å². The number of rotatable bonds is 6. The highest BCUT2D eigenvalue weighted by Gasteiger charge is 2.31. The van der Waals surface area contributed by atoms with E-state index in [1.165, 1.54) is 0 Å². The Kier molecular flexibility index (Phi) is 6.53. The molecule has 0 spiro atoms. The number of aryl methyl sites for hydroxylation is 2. The predicted octanol–water partition coefficient (Wildman–Crippen LogP) is 5.77. The van der Waals surface area contributed by atoms with Crippen LogP contribution in [-0.2, 0) is 11.0 Å². The van der Waals surface area contributed by atoms with Gasteiger partial charge in [-0.2, -0.15) is 13.2 Å². The van der Waals surface area contributed by atoms with Crippen LogP contribution in [0.25, 0.3) is 0 Å². The van der Waals surface area contributed by atoms with Gasteiger partial charge < -0.3 is 10.1 Å². The van der Waals surface area contributed by atoms with Crippen LogP contribution in [0.3, 0.4) is 0 Å². The van der Waals surface area contributed by atoms with Gasteiger partial charge in [0.1, 0.15) is 5.75 Å². The van der Waals surface area contributed by atoms with Gasteiger partial charge in [-0.05, 0) is 50.1 Å². The number of carbonyl (C=O) groups is 1. The number of carbonyl (C=O) groups excluding carboxylic acids is 1. The predicted molar refractivity (Wildman–Crippen MR) is 95.7 cm³/mol. The number of ether oxygens (including phenoxy) is 1. The lowest BCUT2D eigenvalue weighted by Gasteiger charge is -2.12. The first-order valence-electron chi connectivity index (χ1n) is 8.03. The van der Waals surface area contributed by atoms with E-state index in [9.17, 15) is 18.0 Å². The zero-order valence-corrected chi connectivity index (χ0v) is 15.2. The summed E-state index contributed by atoms with van der Waals surface area (Å²) >= 11 is 5.86. The molecule has 1 N–H and O–H groups in total. The van der Waals surface area contributed by atoms with Gasteiger partial charge in [-0.15, -0.1) is 0 Å². The van der Waals surface area contributed by atoms with E-state index < -0.39 is 17.6 Å². The van der Waals surface area contributed by atoms with Crippen molar-refractivity contribution in [2.24, 2.45) is 0 Å². The van der Waals surface area contributed by atoms with Crippen molar-refractivity contribution in [3.63, 3.8) is 0 Å². The Morgan fingerprint density at radius 1 is 1.15 bits per heavy atom. The molecule has 2 aromatic rings. The van der Waals surface area contributed by atoms with Crippen LogP contribution in [-0.4, -0.2) is 12.5 Å². The molecule has 1 amide bonds. The number of hydrogen-bond acceptors (Lipinski definition) is 2. The average molecular weight is 386 g/mol. The Bertz CT molecular complexity index is 791. The molecule has 0 radical (unpaired) electrons. The standard InChI is InChI=1S/C19H19ClF3NO2/c1-12-5-8-17(13(2)10-12)26-9-3-4-18(25)24-16-11-14(19(21,22)23)6-7-15(16)20/h5-8,10-11H,3-4,9H2,1-2H3,(H,24,25). The van der Waals surface area contributed by atoms with Crippen molar-refractivity contribution in [2.75, 3.05) is 11.9 Å². The van der Waals surface area contributed by atoms with Gasteiger partial charge in [0.05, 0.1) is 22.9 Å². The fraction of sp³-hybridized carbons (Fsp3) is 0.316. The number of nitrogens with one attached hydrogen (secondary N) is 1. The summed E-state index contributed by atoms with van der Waals surface area (Å²) < 4.78 is 43.8. The molecule has 26 heavy (non-hydrogen) atoms. The molecule has 0 fully saturated rings. The summed E-state index contributed by atoms with van der Waals surface area (Å²) in [5, 5.41) is 2.47. The summed E-state index contributed by atoms with van der Waals surface area (Å²) in [4.78, 5) is 11.9. The maximum Gasteiger partial charge on any atom is 0.416 e. The van der Waals surface area contributed by atoms with E-state index in [0.29, 0.717) is 13.0 Å². The Hall–Kier alpha value is -2.21. The minimum Gasteiger partial charge on any atom is -0.493 e. The first kappa shape index (κ1) is 20.1. The summed E-state index contributed by atoms with van der Waals surface area (Å²) in [6, 6.07) is 8.61. The Morgan fingerprint density at radius 2 is 1.88 bits per heavy atom. The Morgan fingerprint density at radius 3 is 2.54 bits per heavy atom. The molecular weight excluding hydrogens is 367 g/mol. The van der Waals surface area contributed by atoms with Crippen LogP contribution in [0.5, 0.6) is 5.75 Å². The van der Waals surface area contributed by atoms with Gasteiger partial charge in [0.2, 0.25) is 5.91 Å². The number of anilines is 1. The second-order valence-corrected chi connectivity index (χ2v) is 6.37. The molecule has 140 valence electrons. The smallest absolute Gasteiger partial charge is 0.416 e. The van der Waals surface area contributed by atoms with Crippen molar-refractivity contribution in [1.29, 1.82) is 0 Å². The summed E-state index contributed by atoms with van der Waals surface area (Å²) in [5.41, 5.74) is 1.22. The maximum absolute atomic E-state index is 12.7. The largest absolute Gasteiger partial charge is 0.493 e. The summed E-state index contributed by atoms with van der Waals surface area (Å²) in [5.74, 6) is 0.326. The number of alkyl halides is 3. The number of halogens is 4. The molecule has 3 nitrogen and oxygen atoms in total. The van der Waals surface area contributed by atoms with Gasteiger partial charge in [0.15, 0.2) is 0 Å². The van der Waals surface area contributed by atoms with Crippen molar-refractivity contribution >= 4 is 23.2 Å². The highest BCUT2D eigenvalue weighted by molar-refractivity contribution is 6.33. The third-order valence-corrected chi connectivity index (χ3v) is 4.03. The van der Waals surface area contributed by atoms with E-state index in [0.717, 1.165) is 35.1 Å². The number of hydrogen-bond donors (Lipinski definition) is 1. The van der Waals surface area contributed by atoms with Crippen molar-refractivity contribution < 1.29 is 22.7 Å². The molecule has 0 saturated carbocycles. The molecule has 0 aromatic heterocycles. The molecule has 0 unspecified atom stereocenters. The van der Waals surface area contributed by atoms with Crippen molar-refractivity contribution in [3.8, 4) is 5.75 Å². The first-order valence-corrected chi connectivity index (χ1v) is 8.41. The van der Waals surface area contributed by atoms with Crippen molar-refractivity contribution in [1.82, 2.24) is 0 Å². The lowest BCUT2D eigenvalue weighted by molar-refractivity contribution is -0.137. The van der Waals surface area contributed by atoms with Crippen LogP contribution >= 0.6 is 11.6 Å². The van der Waals surface area contributed by atoms with Crippen molar-refractivity contribution in [2.45, 2.75) is 32.9 Å². The third kappa shape index (κ3) is 5.66. The number of amides is 1. The van der Waals surface area contributed by atoms with E-state index in [2.05, 4.69) is 5.32 Å². The second kappa shape index (κ2) is 8.45. The van der Waals surface area contributed by atoms with E-state index in [1.54, 1.807) is 0 Å². The highest BCUT2D eigenvalue weighted by atomic mass is 35.5. The minimum absolute atomic E-state index is 0.0536. The summed E-state index contributed by atoms with van der Waals surface area (Å²) in [7, 11) is 0. The minimum atomic E-state index is -4.50. The van der Waals surface area contributed by atoms with Crippen LogP contribution in [0.1, 0.15) is 29.5 Å². The Labute approximate surface area is 155 Å². The van der Waals surface area contributed by atoms with Crippen LogP contribution in [0.2, 0.25) is 5.02 Å². The van der Waals surface area contributed by atoms with Gasteiger partial charge in [-0.25, -0.2) is 0 Å². The highest BCUT2D eigenvalue weighted by Crippen LogP contribution is 2.33. The fourth-order valence-corrected chi connectivity index (χ4v) is 2.55. The summed E-state index contributed by atoms with van der Waals surface area (Å²) in [6.45, 7) is 4.25. The molecule has 0 atom stereocenters. The monoisotopic (exact) mass is 385 g/mol. The van der Waals surface area contributed by atoms with Crippen LogP contribution < -0.4 is 10.1 Å². The van der Waals surface area contributed by atoms with Crippen LogP contribution in [0.4, 0.5) is 18.9 Å². The van der Waals surface area contributed by atoms with Crippen molar-refractivity contribution in [3.05, 3.63) is 58.1 Å². The average Bonchev–Trinajstić information content (AvgIpc) is 2.54. The van der Waals surface area contributed by atoms with E-state index in [1.807, 2.05) is 32.0 Å². The zero-order chi connectivity index (χ0) is 19.3. The van der Waals surface area contributed by atoms with E-state index >= 15 is 0 Å².